The van der Waals surface area contributed by atoms with Crippen molar-refractivity contribution in [3.63, 3.8) is 0 Å². The van der Waals surface area contributed by atoms with Crippen LogP contribution in [0.25, 0.3) is 0 Å². The monoisotopic (exact) mass is 252 g/mol. The van der Waals surface area contributed by atoms with Gasteiger partial charge in [-0.25, -0.2) is 4.79 Å². The summed E-state index contributed by atoms with van der Waals surface area (Å²) in [6.45, 7) is 7.33. The fourth-order valence-electron chi connectivity index (χ4n) is 1.76. The van der Waals surface area contributed by atoms with E-state index in [4.69, 9.17) is 5.11 Å². The van der Waals surface area contributed by atoms with Crippen LogP contribution in [0.5, 0.6) is 0 Å². The Balaban J connectivity index is 2.29. The number of aromatic nitrogens is 1. The van der Waals surface area contributed by atoms with Gasteiger partial charge in [0.2, 0.25) is 0 Å². The van der Waals surface area contributed by atoms with Crippen molar-refractivity contribution in [2.75, 3.05) is 10.8 Å². The molecular formula is C12H16N2O2S. The van der Waals surface area contributed by atoms with E-state index in [0.29, 0.717) is 0 Å². The normalized spacial score (nSPS) is 14.9. The zero-order valence-corrected chi connectivity index (χ0v) is 11.0. The van der Waals surface area contributed by atoms with Crippen molar-refractivity contribution in [1.29, 1.82) is 0 Å². The molecule has 0 spiro atoms. The summed E-state index contributed by atoms with van der Waals surface area (Å²) < 4.78 is 2.26. The second kappa shape index (κ2) is 4.22. The Morgan fingerprint density at radius 1 is 1.53 bits per heavy atom. The molecule has 0 aliphatic carbocycles. The Morgan fingerprint density at radius 2 is 2.24 bits per heavy atom. The minimum atomic E-state index is -0.923. The van der Waals surface area contributed by atoms with Gasteiger partial charge in [0.15, 0.2) is 0 Å². The minimum Gasteiger partial charge on any atom is -0.478 e. The van der Waals surface area contributed by atoms with Crippen LogP contribution in [0.2, 0.25) is 0 Å². The quantitative estimate of drug-likeness (QED) is 0.820. The van der Waals surface area contributed by atoms with E-state index >= 15 is 0 Å². The molecule has 0 saturated carbocycles. The van der Waals surface area contributed by atoms with Crippen LogP contribution in [0.15, 0.2) is 12.3 Å². The van der Waals surface area contributed by atoms with Crippen molar-refractivity contribution < 1.29 is 9.90 Å². The summed E-state index contributed by atoms with van der Waals surface area (Å²) in [5, 5.41) is 8.97. The smallest absolute Gasteiger partial charge is 0.337 e. The van der Waals surface area contributed by atoms with Gasteiger partial charge in [-0.15, -0.1) is 0 Å². The van der Waals surface area contributed by atoms with Crippen molar-refractivity contribution in [2.45, 2.75) is 31.9 Å². The Morgan fingerprint density at radius 3 is 2.82 bits per heavy atom. The number of hydrogen-bond donors (Lipinski definition) is 1. The summed E-state index contributed by atoms with van der Waals surface area (Å²) in [5.41, 5.74) is 2.20. The van der Waals surface area contributed by atoms with Crippen LogP contribution in [0.1, 0.15) is 36.8 Å². The van der Waals surface area contributed by atoms with Crippen LogP contribution in [0, 0.1) is 0 Å². The second-order valence-electron chi connectivity index (χ2n) is 5.05. The molecule has 0 bridgehead atoms. The summed E-state index contributed by atoms with van der Waals surface area (Å²) in [6, 6.07) is 1.72. The largest absolute Gasteiger partial charge is 0.478 e. The van der Waals surface area contributed by atoms with Gasteiger partial charge in [-0.05, 0) is 38.8 Å². The number of pyridine rings is 1. The highest BCUT2D eigenvalue weighted by Gasteiger charge is 2.26. The van der Waals surface area contributed by atoms with Crippen LogP contribution in [-0.4, -0.2) is 27.4 Å². The van der Waals surface area contributed by atoms with Crippen LogP contribution in [-0.2, 0) is 6.42 Å². The average Bonchev–Trinajstić information content (AvgIpc) is 2.58. The van der Waals surface area contributed by atoms with Gasteiger partial charge in [0.1, 0.15) is 0 Å². The van der Waals surface area contributed by atoms with Crippen molar-refractivity contribution >= 4 is 23.6 Å². The van der Waals surface area contributed by atoms with Crippen molar-refractivity contribution in [3.8, 4) is 0 Å². The molecule has 0 unspecified atom stereocenters. The second-order valence-corrected chi connectivity index (χ2v) is 6.90. The van der Waals surface area contributed by atoms with E-state index in [2.05, 4.69) is 30.1 Å². The van der Waals surface area contributed by atoms with Gasteiger partial charge in [-0.2, -0.15) is 0 Å². The van der Waals surface area contributed by atoms with Gasteiger partial charge in [-0.1, -0.05) is 0 Å². The van der Waals surface area contributed by atoms with E-state index in [1.807, 2.05) is 0 Å². The first-order chi connectivity index (χ1) is 7.87. The fourth-order valence-corrected chi connectivity index (χ4v) is 2.86. The molecule has 92 valence electrons. The Bertz CT molecular complexity index is 454. The van der Waals surface area contributed by atoms with Crippen LogP contribution in [0.3, 0.4) is 0 Å². The molecule has 0 fully saturated rings. The van der Waals surface area contributed by atoms with Gasteiger partial charge in [0, 0.05) is 23.9 Å². The maximum atomic E-state index is 10.9. The van der Waals surface area contributed by atoms with E-state index in [9.17, 15) is 4.79 Å². The topological polar surface area (TPSA) is 53.4 Å². The number of hydrogen-bond acceptors (Lipinski definition) is 4. The lowest BCUT2D eigenvalue weighted by molar-refractivity contribution is 0.0696. The predicted molar refractivity (Wildman–Crippen MR) is 69.6 cm³/mol. The molecule has 4 nitrogen and oxygen atoms in total. The zero-order chi connectivity index (χ0) is 12.6. The third kappa shape index (κ3) is 2.72. The number of anilines is 1. The van der Waals surface area contributed by atoms with E-state index in [0.717, 1.165) is 24.3 Å². The maximum absolute atomic E-state index is 10.9. The lowest BCUT2D eigenvalue weighted by atomic mass is 10.2. The predicted octanol–water partition coefficient (Wildman–Crippen LogP) is 2.59. The summed E-state index contributed by atoms with van der Waals surface area (Å²) in [5.74, 6) is -0.923. The summed E-state index contributed by atoms with van der Waals surface area (Å²) in [4.78, 5) is 15.2. The van der Waals surface area contributed by atoms with Crippen molar-refractivity contribution in [3.05, 3.63) is 23.5 Å². The molecule has 0 aromatic carbocycles. The van der Waals surface area contributed by atoms with E-state index in [1.165, 1.54) is 6.20 Å². The SMILES string of the molecule is CC(C)(C)SN1CCc2ncc(C(=O)O)cc21. The number of carboxylic acids is 1. The minimum absolute atomic E-state index is 0.112. The molecule has 1 N–H and O–H groups in total. The molecule has 17 heavy (non-hydrogen) atoms. The maximum Gasteiger partial charge on any atom is 0.337 e. The number of carboxylic acid groups (broad SMARTS) is 1. The van der Waals surface area contributed by atoms with Gasteiger partial charge in [-0.3, -0.25) is 4.98 Å². The lowest BCUT2D eigenvalue weighted by Gasteiger charge is -2.26. The van der Waals surface area contributed by atoms with Crippen LogP contribution < -0.4 is 4.31 Å². The van der Waals surface area contributed by atoms with Gasteiger partial charge in [0.05, 0.1) is 16.9 Å². The summed E-state index contributed by atoms with van der Waals surface area (Å²) in [6.07, 6.45) is 2.32. The Hall–Kier alpha value is -1.23. The molecule has 1 aromatic heterocycles. The molecule has 1 aliphatic rings. The number of carbonyl (C=O) groups is 1. The highest BCUT2D eigenvalue weighted by molar-refractivity contribution is 8.01. The highest BCUT2D eigenvalue weighted by atomic mass is 32.2. The van der Waals surface area contributed by atoms with E-state index < -0.39 is 5.97 Å². The lowest BCUT2D eigenvalue weighted by Crippen LogP contribution is -2.21. The van der Waals surface area contributed by atoms with E-state index in [-0.39, 0.29) is 10.3 Å². The molecular weight excluding hydrogens is 236 g/mol. The molecule has 5 heteroatoms. The molecule has 1 aliphatic heterocycles. The molecule has 1 aromatic rings. The number of nitrogens with zero attached hydrogens (tertiary/aromatic N) is 2. The molecule has 2 rings (SSSR count). The first-order valence-electron chi connectivity index (χ1n) is 5.56. The standard InChI is InChI=1S/C12H16N2O2S/c1-12(2,3)17-14-5-4-9-10(14)6-8(7-13-9)11(15)16/h6-7H,4-5H2,1-3H3,(H,15,16). The van der Waals surface area contributed by atoms with Crippen molar-refractivity contribution in [1.82, 2.24) is 4.98 Å². The van der Waals surface area contributed by atoms with Crippen LogP contribution in [0.4, 0.5) is 5.69 Å². The summed E-state index contributed by atoms with van der Waals surface area (Å²) >= 11 is 1.73. The van der Waals surface area contributed by atoms with Gasteiger partial charge in [0.25, 0.3) is 0 Å². The Kier molecular flexibility index (Phi) is 3.03. The molecule has 0 amide bonds. The molecule has 0 atom stereocenters. The number of aromatic carboxylic acids is 1. The Labute approximate surface area is 105 Å². The highest BCUT2D eigenvalue weighted by Crippen LogP contribution is 2.37. The zero-order valence-electron chi connectivity index (χ0n) is 10.2. The summed E-state index contributed by atoms with van der Waals surface area (Å²) in [7, 11) is 0. The fraction of sp³-hybridized carbons (Fsp3) is 0.500. The number of fused-ring (bicyclic) bond motifs is 1. The van der Waals surface area contributed by atoms with Crippen molar-refractivity contribution in [2.24, 2.45) is 0 Å². The van der Waals surface area contributed by atoms with Crippen LogP contribution >= 0.6 is 11.9 Å². The third-order valence-corrected chi connectivity index (χ3v) is 3.55. The molecule has 0 saturated heterocycles. The number of rotatable bonds is 2. The first kappa shape index (κ1) is 12.2. The average molecular weight is 252 g/mol. The third-order valence-electron chi connectivity index (χ3n) is 2.40. The molecule has 2 heterocycles. The van der Waals surface area contributed by atoms with E-state index in [1.54, 1.807) is 18.0 Å². The molecule has 0 radical (unpaired) electrons. The van der Waals surface area contributed by atoms with Gasteiger partial charge < -0.3 is 9.41 Å². The first-order valence-corrected chi connectivity index (χ1v) is 6.33. The van der Waals surface area contributed by atoms with Gasteiger partial charge >= 0.3 is 5.97 Å².